The third kappa shape index (κ3) is 35.1. The van der Waals surface area contributed by atoms with Crippen LogP contribution in [0, 0.1) is 0 Å². The van der Waals surface area contributed by atoms with Crippen LogP contribution >= 0.6 is 0 Å². The van der Waals surface area contributed by atoms with Gasteiger partial charge in [0.25, 0.3) is 0 Å². The molecule has 0 aliphatic carbocycles. The summed E-state index contributed by atoms with van der Waals surface area (Å²) in [7, 11) is -8.06. The van der Waals surface area contributed by atoms with E-state index >= 15 is 0 Å². The summed E-state index contributed by atoms with van der Waals surface area (Å²) in [5, 5.41) is 40.3. The summed E-state index contributed by atoms with van der Waals surface area (Å²) in [6.07, 6.45) is 1.54. The Balaban J connectivity index is 4.14. The lowest BCUT2D eigenvalue weighted by molar-refractivity contribution is -0.0561. The number of hydrogen-bond acceptors (Lipinski definition) is 16. The molecule has 0 rings (SSSR count). The van der Waals surface area contributed by atoms with Gasteiger partial charge in [-0.25, -0.2) is 0 Å². The highest BCUT2D eigenvalue weighted by molar-refractivity contribution is 6.56. The van der Waals surface area contributed by atoms with Gasteiger partial charge in [-0.1, -0.05) is 6.42 Å². The summed E-state index contributed by atoms with van der Waals surface area (Å²) in [5.74, 6) is 0. The Labute approximate surface area is 277 Å². The van der Waals surface area contributed by atoms with Crippen LogP contribution in [-0.2, 0) is 14.2 Å². The lowest BCUT2D eigenvalue weighted by Gasteiger charge is -2.27. The van der Waals surface area contributed by atoms with Crippen molar-refractivity contribution in [2.45, 2.75) is 88.9 Å². The van der Waals surface area contributed by atoms with Gasteiger partial charge in [0.05, 0.1) is 43.7 Å². The number of nitrogens with one attached hydrogen (secondary N) is 3. The summed E-state index contributed by atoms with van der Waals surface area (Å²) >= 11 is 0. The maximum absolute atomic E-state index is 10.5. The van der Waals surface area contributed by atoms with Crippen molar-refractivity contribution in [3.8, 4) is 0 Å². The number of rotatable bonds is 32. The van der Waals surface area contributed by atoms with Gasteiger partial charge >= 0.3 is 17.6 Å². The van der Waals surface area contributed by atoms with Gasteiger partial charge in [0, 0.05) is 71.1 Å². The molecule has 0 amide bonds. The van der Waals surface area contributed by atoms with E-state index in [-0.39, 0.29) is 50.7 Å². The summed E-state index contributed by atoms with van der Waals surface area (Å²) < 4.78 is 16.3. The summed E-state index contributed by atoms with van der Waals surface area (Å²) in [6.45, 7) is 12.5. The number of hydrogen-bond donors (Lipinski definition) is 12. The molecule has 0 bridgehead atoms. The molecule has 0 aromatic carbocycles. The molecule has 16 nitrogen and oxygen atoms in total. The van der Waals surface area contributed by atoms with E-state index in [9.17, 15) is 15.3 Å². The Morgan fingerprint density at radius 1 is 0.587 bits per heavy atom. The zero-order chi connectivity index (χ0) is 34.9. The first kappa shape index (κ1) is 45.8. The molecule has 0 fully saturated rings. The Hall–Kier alpha value is -0.206. The molecule has 0 heterocycles. The Morgan fingerprint density at radius 2 is 1.11 bits per heavy atom. The molecule has 46 heavy (non-hydrogen) atoms. The lowest BCUT2D eigenvalue weighted by Crippen LogP contribution is -2.41. The highest BCUT2D eigenvalue weighted by Crippen LogP contribution is 2.08. The maximum Gasteiger partial charge on any atom is 0.492 e. The van der Waals surface area contributed by atoms with Crippen molar-refractivity contribution in [2.24, 2.45) is 0 Å². The van der Waals surface area contributed by atoms with E-state index in [0.717, 1.165) is 45.4 Å². The second-order valence-corrected chi connectivity index (χ2v) is 16.9. The van der Waals surface area contributed by atoms with E-state index < -0.39 is 35.9 Å². The number of nitrogens with zero attached hydrogens (tertiary/aromatic N) is 1. The molecule has 18 heteroatoms. The highest BCUT2D eigenvalue weighted by atomic mass is 28.4. The minimum absolute atomic E-state index is 0.0858. The van der Waals surface area contributed by atoms with Gasteiger partial charge in [-0.15, -0.1) is 0 Å². The molecule has 0 aliphatic rings. The normalized spacial score (nSPS) is 15.1. The van der Waals surface area contributed by atoms with Crippen molar-refractivity contribution in [1.82, 2.24) is 20.9 Å². The Kier molecular flexibility index (Phi) is 26.5. The fraction of sp³-hybridized carbons (Fsp3) is 1.00. The standard InChI is InChI=1S/C28H66N4O12Si2/c1-28(2,3)44-24-27(35)21-32(13-6-4-5-9-30-19-25(33)22-42-15-7-17-45(36,37)38)14-12-29-10-11-31-20-26(34)23-43-16-8-18-46(39,40)41/h25-27,29-31,33-41H,4-24H2,1-3H3. The third-order valence-corrected chi connectivity index (χ3v) is 8.62. The summed E-state index contributed by atoms with van der Waals surface area (Å²) in [6, 6.07) is -0.176. The van der Waals surface area contributed by atoms with Crippen molar-refractivity contribution in [1.29, 1.82) is 0 Å². The first-order valence-electron chi connectivity index (χ1n) is 16.5. The Bertz CT molecular complexity index is 659. The summed E-state index contributed by atoms with van der Waals surface area (Å²) in [5.41, 5.74) is -0.324. The van der Waals surface area contributed by atoms with Crippen LogP contribution in [-0.4, -0.2) is 182 Å². The fourth-order valence-electron chi connectivity index (χ4n) is 4.21. The molecule has 3 unspecified atom stereocenters. The molecule has 0 radical (unpaired) electrons. The van der Waals surface area contributed by atoms with Crippen molar-refractivity contribution in [2.75, 3.05) is 91.9 Å². The molecule has 0 saturated carbocycles. The van der Waals surface area contributed by atoms with Crippen LogP contribution in [0.2, 0.25) is 12.1 Å². The quantitative estimate of drug-likeness (QED) is 0.0243. The molecular weight excluding hydrogens is 640 g/mol. The second kappa shape index (κ2) is 26.6. The van der Waals surface area contributed by atoms with Gasteiger partial charge in [-0.3, -0.25) is 4.90 Å². The smallest absolute Gasteiger partial charge is 0.390 e. The van der Waals surface area contributed by atoms with Gasteiger partial charge in [-0.2, -0.15) is 0 Å². The first-order valence-corrected chi connectivity index (χ1v) is 20.6. The minimum atomic E-state index is -4.03. The van der Waals surface area contributed by atoms with Crippen LogP contribution < -0.4 is 16.0 Å². The predicted octanol–water partition coefficient (Wildman–Crippen LogP) is -3.23. The van der Waals surface area contributed by atoms with Crippen LogP contribution in [0.3, 0.4) is 0 Å². The minimum Gasteiger partial charge on any atom is -0.390 e. The van der Waals surface area contributed by atoms with Crippen molar-refractivity contribution in [3.63, 3.8) is 0 Å². The molecule has 0 saturated heterocycles. The average molecular weight is 707 g/mol. The SMILES string of the molecule is CC(C)(C)OCC(O)CN(CCCCCNCC(O)COCCC[Si](O)(O)O)CCNCCNCC(O)COCCC[Si](O)(O)O. The molecule has 0 aromatic heterocycles. The average Bonchev–Trinajstić information content (AvgIpc) is 2.92. The molecule has 278 valence electrons. The van der Waals surface area contributed by atoms with Gasteiger partial charge in [0.15, 0.2) is 0 Å². The van der Waals surface area contributed by atoms with E-state index in [4.69, 9.17) is 43.0 Å². The lowest BCUT2D eigenvalue weighted by atomic mass is 10.2. The van der Waals surface area contributed by atoms with E-state index in [1.54, 1.807) is 0 Å². The van der Waals surface area contributed by atoms with Gasteiger partial charge in [0.2, 0.25) is 0 Å². The van der Waals surface area contributed by atoms with E-state index in [1.807, 2.05) is 20.8 Å². The molecule has 12 N–H and O–H groups in total. The van der Waals surface area contributed by atoms with Crippen LogP contribution in [0.5, 0.6) is 0 Å². The molecule has 3 atom stereocenters. The molecule has 0 spiro atoms. The molecule has 0 aromatic rings. The van der Waals surface area contributed by atoms with Crippen molar-refractivity contribution in [3.05, 3.63) is 0 Å². The van der Waals surface area contributed by atoms with Gasteiger partial charge < -0.3 is 74.3 Å². The number of ether oxygens (including phenoxy) is 3. The summed E-state index contributed by atoms with van der Waals surface area (Å²) in [4.78, 5) is 56.0. The largest absolute Gasteiger partial charge is 0.492 e. The van der Waals surface area contributed by atoms with Gasteiger partial charge in [-0.05, 0) is 59.5 Å². The van der Waals surface area contributed by atoms with E-state index in [0.29, 0.717) is 45.6 Å². The Morgan fingerprint density at radius 3 is 1.63 bits per heavy atom. The van der Waals surface area contributed by atoms with Crippen molar-refractivity contribution >= 4 is 17.6 Å². The van der Waals surface area contributed by atoms with E-state index in [1.165, 1.54) is 0 Å². The monoisotopic (exact) mass is 706 g/mol. The zero-order valence-electron chi connectivity index (χ0n) is 28.3. The van der Waals surface area contributed by atoms with Crippen molar-refractivity contribution < 1.29 is 58.3 Å². The predicted molar refractivity (Wildman–Crippen MR) is 178 cm³/mol. The topological polar surface area (TPSA) is 249 Å². The first-order chi connectivity index (χ1) is 21.5. The van der Waals surface area contributed by atoms with Gasteiger partial charge in [0.1, 0.15) is 0 Å². The van der Waals surface area contributed by atoms with Crippen LogP contribution in [0.25, 0.3) is 0 Å². The molecular formula is C28H66N4O12Si2. The highest BCUT2D eigenvalue weighted by Gasteiger charge is 2.26. The van der Waals surface area contributed by atoms with E-state index in [2.05, 4.69) is 20.9 Å². The maximum atomic E-state index is 10.5. The third-order valence-electron chi connectivity index (χ3n) is 6.57. The number of unbranched alkanes of at least 4 members (excludes halogenated alkanes) is 2. The number of aliphatic hydroxyl groups is 3. The fourth-order valence-corrected chi connectivity index (χ4v) is 5.45. The van der Waals surface area contributed by atoms with Crippen LogP contribution in [0.1, 0.15) is 52.9 Å². The molecule has 0 aliphatic heterocycles. The van der Waals surface area contributed by atoms with Crippen LogP contribution in [0.15, 0.2) is 0 Å². The zero-order valence-corrected chi connectivity index (χ0v) is 30.3. The second-order valence-electron chi connectivity index (χ2n) is 12.8. The number of aliphatic hydroxyl groups excluding tert-OH is 3. The van der Waals surface area contributed by atoms with Crippen LogP contribution in [0.4, 0.5) is 0 Å².